The number of ether oxygens (including phenoxy) is 2. The molecule has 1 aromatic carbocycles. The predicted octanol–water partition coefficient (Wildman–Crippen LogP) is 0.768. The molecular formula is C11H12O6S. The molecule has 0 saturated carbocycles. The average molecular weight is 272 g/mol. The molecule has 0 aliphatic heterocycles. The third-order valence-corrected chi connectivity index (χ3v) is 3.47. The number of sulfone groups is 1. The lowest BCUT2D eigenvalue weighted by molar-refractivity contribution is -0.138. The number of carbonyl (C=O) groups is 2. The summed E-state index contributed by atoms with van der Waals surface area (Å²) in [6.45, 7) is 1.12. The number of rotatable bonds is 4. The molecule has 7 heteroatoms. The van der Waals surface area contributed by atoms with E-state index in [0.29, 0.717) is 0 Å². The first-order valence-electron chi connectivity index (χ1n) is 4.91. The fraction of sp³-hybridized carbons (Fsp3) is 0.273. The zero-order valence-corrected chi connectivity index (χ0v) is 10.7. The van der Waals surface area contributed by atoms with Crippen molar-refractivity contribution in [3.8, 4) is 0 Å². The van der Waals surface area contributed by atoms with Crippen LogP contribution in [0.2, 0.25) is 0 Å². The lowest BCUT2D eigenvalue weighted by Gasteiger charge is -2.05. The molecule has 0 radical (unpaired) electrons. The van der Waals surface area contributed by atoms with E-state index in [2.05, 4.69) is 9.47 Å². The molecule has 0 aliphatic carbocycles. The van der Waals surface area contributed by atoms with Crippen LogP contribution in [0.25, 0.3) is 0 Å². The number of benzene rings is 1. The Morgan fingerprint density at radius 1 is 1.17 bits per heavy atom. The molecule has 18 heavy (non-hydrogen) atoms. The molecule has 98 valence electrons. The second-order valence-corrected chi connectivity index (χ2v) is 5.32. The summed E-state index contributed by atoms with van der Waals surface area (Å²) in [6, 6.07) is 5.16. The van der Waals surface area contributed by atoms with Crippen LogP contribution in [0.15, 0.2) is 29.2 Å². The standard InChI is InChI=1S/C11H12O6S/c1-8(12)17-7-18(14,15)10-5-3-9(4-6-10)11(13)16-2/h3-6H,7H2,1-2H3. The van der Waals surface area contributed by atoms with Gasteiger partial charge in [-0.15, -0.1) is 0 Å². The normalized spacial score (nSPS) is 10.8. The van der Waals surface area contributed by atoms with Crippen LogP contribution in [0, 0.1) is 0 Å². The van der Waals surface area contributed by atoms with Gasteiger partial charge >= 0.3 is 11.9 Å². The van der Waals surface area contributed by atoms with Crippen LogP contribution in [0.5, 0.6) is 0 Å². The molecule has 6 nitrogen and oxygen atoms in total. The van der Waals surface area contributed by atoms with Gasteiger partial charge in [0.1, 0.15) is 0 Å². The Hall–Kier alpha value is -1.89. The van der Waals surface area contributed by atoms with Crippen molar-refractivity contribution in [1.29, 1.82) is 0 Å². The van der Waals surface area contributed by atoms with E-state index >= 15 is 0 Å². The molecular weight excluding hydrogens is 260 g/mol. The third-order valence-electron chi connectivity index (χ3n) is 2.05. The Morgan fingerprint density at radius 3 is 2.17 bits per heavy atom. The molecule has 0 aromatic heterocycles. The van der Waals surface area contributed by atoms with E-state index in [1.54, 1.807) is 0 Å². The minimum absolute atomic E-state index is 0.0311. The molecule has 0 aliphatic rings. The summed E-state index contributed by atoms with van der Waals surface area (Å²) in [5.41, 5.74) is 0.240. The van der Waals surface area contributed by atoms with Crippen molar-refractivity contribution in [1.82, 2.24) is 0 Å². The van der Waals surface area contributed by atoms with Gasteiger partial charge in [0.25, 0.3) is 0 Å². The van der Waals surface area contributed by atoms with E-state index in [4.69, 9.17) is 0 Å². The zero-order valence-electron chi connectivity index (χ0n) is 9.87. The molecule has 1 aromatic rings. The lowest BCUT2D eigenvalue weighted by Crippen LogP contribution is -2.13. The summed E-state index contributed by atoms with van der Waals surface area (Å²) < 4.78 is 32.3. The molecule has 0 spiro atoms. The Morgan fingerprint density at radius 2 is 1.72 bits per heavy atom. The second-order valence-electron chi connectivity index (χ2n) is 3.38. The van der Waals surface area contributed by atoms with Crippen LogP contribution in [0.3, 0.4) is 0 Å². The Bertz CT molecular complexity index is 543. The molecule has 0 fully saturated rings. The van der Waals surface area contributed by atoms with Gasteiger partial charge < -0.3 is 9.47 Å². The van der Waals surface area contributed by atoms with E-state index < -0.39 is 27.7 Å². The molecule has 0 atom stereocenters. The minimum Gasteiger partial charge on any atom is -0.465 e. The van der Waals surface area contributed by atoms with Gasteiger partial charge in [0.2, 0.25) is 9.84 Å². The van der Waals surface area contributed by atoms with Crippen molar-refractivity contribution in [2.24, 2.45) is 0 Å². The predicted molar refractivity (Wildman–Crippen MR) is 61.6 cm³/mol. The highest BCUT2D eigenvalue weighted by Gasteiger charge is 2.16. The zero-order chi connectivity index (χ0) is 13.8. The van der Waals surface area contributed by atoms with Crippen molar-refractivity contribution in [3.63, 3.8) is 0 Å². The maximum absolute atomic E-state index is 11.7. The van der Waals surface area contributed by atoms with Crippen molar-refractivity contribution >= 4 is 21.8 Å². The molecule has 1 rings (SSSR count). The second kappa shape index (κ2) is 5.63. The van der Waals surface area contributed by atoms with Gasteiger partial charge in [-0.2, -0.15) is 0 Å². The smallest absolute Gasteiger partial charge is 0.337 e. The summed E-state index contributed by atoms with van der Waals surface area (Å²) in [6.07, 6.45) is 0. The first-order chi connectivity index (χ1) is 8.36. The van der Waals surface area contributed by atoms with Crippen LogP contribution >= 0.6 is 0 Å². The molecule has 0 N–H and O–H groups in total. The van der Waals surface area contributed by atoms with Crippen LogP contribution in [0.4, 0.5) is 0 Å². The van der Waals surface area contributed by atoms with Crippen molar-refractivity contribution in [2.75, 3.05) is 13.0 Å². The van der Waals surface area contributed by atoms with E-state index in [9.17, 15) is 18.0 Å². The van der Waals surface area contributed by atoms with E-state index in [-0.39, 0.29) is 10.5 Å². The van der Waals surface area contributed by atoms with Gasteiger partial charge in [0.15, 0.2) is 5.94 Å². The summed E-state index contributed by atoms with van der Waals surface area (Å²) in [4.78, 5) is 21.7. The van der Waals surface area contributed by atoms with Crippen LogP contribution < -0.4 is 0 Å². The molecule has 0 bridgehead atoms. The van der Waals surface area contributed by atoms with Crippen LogP contribution in [-0.4, -0.2) is 33.4 Å². The Kier molecular flexibility index (Phi) is 4.43. The maximum Gasteiger partial charge on any atom is 0.337 e. The highest BCUT2D eigenvalue weighted by molar-refractivity contribution is 7.91. The fourth-order valence-corrected chi connectivity index (χ4v) is 2.15. The number of methoxy groups -OCH3 is 1. The van der Waals surface area contributed by atoms with Gasteiger partial charge in [0, 0.05) is 6.92 Å². The number of esters is 2. The molecule has 0 unspecified atom stereocenters. The van der Waals surface area contributed by atoms with Gasteiger partial charge in [-0.25, -0.2) is 13.2 Å². The first-order valence-corrected chi connectivity index (χ1v) is 6.56. The highest BCUT2D eigenvalue weighted by Crippen LogP contribution is 2.13. The largest absolute Gasteiger partial charge is 0.465 e. The molecule has 0 heterocycles. The third kappa shape index (κ3) is 3.56. The van der Waals surface area contributed by atoms with E-state index in [1.807, 2.05) is 0 Å². The van der Waals surface area contributed by atoms with Crippen molar-refractivity contribution < 1.29 is 27.5 Å². The van der Waals surface area contributed by atoms with Gasteiger partial charge in [-0.05, 0) is 24.3 Å². The highest BCUT2D eigenvalue weighted by atomic mass is 32.2. The van der Waals surface area contributed by atoms with Gasteiger partial charge in [0.05, 0.1) is 17.6 Å². The summed E-state index contributed by atoms with van der Waals surface area (Å²) in [5, 5.41) is 0. The van der Waals surface area contributed by atoms with Crippen LogP contribution in [-0.2, 0) is 24.1 Å². The average Bonchev–Trinajstić information content (AvgIpc) is 2.36. The topological polar surface area (TPSA) is 86.7 Å². The van der Waals surface area contributed by atoms with E-state index in [0.717, 1.165) is 6.92 Å². The number of hydrogen-bond donors (Lipinski definition) is 0. The monoisotopic (exact) mass is 272 g/mol. The SMILES string of the molecule is COC(=O)c1ccc(S(=O)(=O)COC(C)=O)cc1. The van der Waals surface area contributed by atoms with Crippen molar-refractivity contribution in [2.45, 2.75) is 11.8 Å². The summed E-state index contributed by atoms with van der Waals surface area (Å²) >= 11 is 0. The van der Waals surface area contributed by atoms with Crippen molar-refractivity contribution in [3.05, 3.63) is 29.8 Å². The first kappa shape index (κ1) is 14.2. The summed E-state index contributed by atoms with van der Waals surface area (Å²) in [5.74, 6) is -1.96. The van der Waals surface area contributed by atoms with Crippen LogP contribution in [0.1, 0.15) is 17.3 Å². The lowest BCUT2D eigenvalue weighted by atomic mass is 10.2. The van der Waals surface area contributed by atoms with E-state index in [1.165, 1.54) is 31.4 Å². The number of hydrogen-bond acceptors (Lipinski definition) is 6. The van der Waals surface area contributed by atoms with Gasteiger partial charge in [-0.3, -0.25) is 4.79 Å². The summed E-state index contributed by atoms with van der Waals surface area (Å²) in [7, 11) is -2.47. The molecule has 0 saturated heterocycles. The number of carbonyl (C=O) groups excluding carboxylic acids is 2. The quantitative estimate of drug-likeness (QED) is 0.752. The Labute approximate surface area is 104 Å². The molecule has 0 amide bonds. The maximum atomic E-state index is 11.7. The Balaban J connectivity index is 2.91. The minimum atomic E-state index is -3.70. The fourth-order valence-electron chi connectivity index (χ4n) is 1.14. The van der Waals surface area contributed by atoms with Gasteiger partial charge in [-0.1, -0.05) is 0 Å².